The average molecular weight is 1120 g/mol. The molecule has 0 spiro atoms. The van der Waals surface area contributed by atoms with Crippen molar-refractivity contribution in [2.45, 2.75) is 412 Å². The van der Waals surface area contributed by atoms with Gasteiger partial charge in [-0.3, -0.25) is 9.59 Å². The fourth-order valence-electron chi connectivity index (χ4n) is 10.6. The largest absolute Gasteiger partial charge is 2.00 e. The quantitative estimate of drug-likeness (QED) is 0.0334. The van der Waals surface area contributed by atoms with Crippen molar-refractivity contribution in [3.05, 3.63) is 0 Å². The second-order valence-electron chi connectivity index (χ2n) is 23.4. The Morgan fingerprint density at radius 2 is 0.416 bits per heavy atom. The molecule has 0 bridgehead atoms. The van der Waals surface area contributed by atoms with E-state index < -0.39 is 11.9 Å². The number of ether oxygens (including phenoxy) is 2. The summed E-state index contributed by atoms with van der Waals surface area (Å²) in [5.41, 5.74) is 0. The fourth-order valence-corrected chi connectivity index (χ4v) is 10.6. The van der Waals surface area contributed by atoms with E-state index in [-0.39, 0.29) is 74.7 Å². The maximum absolute atomic E-state index is 12.4. The van der Waals surface area contributed by atoms with Crippen LogP contribution in [-0.4, -0.2) is 73.8 Å². The molecule has 0 fully saturated rings. The maximum atomic E-state index is 12.4. The van der Waals surface area contributed by atoms with Crippen LogP contribution < -0.4 is 10.2 Å². The Bertz CT molecular complexity index is 1110. The molecule has 0 N–H and O–H groups in total. The van der Waals surface area contributed by atoms with Crippen LogP contribution in [0.2, 0.25) is 0 Å². The second-order valence-corrected chi connectivity index (χ2v) is 23.4. The molecule has 2 unspecified atom stereocenters. The predicted octanol–water partition coefficient (Wildman–Crippen LogP) is 19.6. The van der Waals surface area contributed by atoms with Gasteiger partial charge in [0.15, 0.2) is 0 Å². The van der Waals surface area contributed by atoms with Crippen molar-refractivity contribution < 1.29 is 38.9 Å². The minimum Gasteiger partial charge on any atom is -0.550 e. The zero-order valence-corrected chi connectivity index (χ0v) is 54.3. The van der Waals surface area contributed by atoms with E-state index in [1.165, 1.54) is 270 Å². The van der Waals surface area contributed by atoms with Crippen molar-refractivity contribution in [1.82, 2.24) is 0 Å². The van der Waals surface area contributed by atoms with Crippen LogP contribution in [-0.2, 0) is 28.7 Å². The molecular weight excluding hydrogens is 985 g/mol. The minimum atomic E-state index is -1.02. The van der Waals surface area contributed by atoms with E-state index in [0.29, 0.717) is 38.5 Å². The number of carbonyl (C=O) groups excluding carboxylic acids is 4. The molecule has 0 saturated heterocycles. The maximum Gasteiger partial charge on any atom is 2.00 e. The minimum absolute atomic E-state index is 0. The van der Waals surface area contributed by atoms with Crippen molar-refractivity contribution in [3.63, 3.8) is 0 Å². The molecule has 0 aliphatic rings. The van der Waals surface area contributed by atoms with Gasteiger partial charge in [-0.05, 0) is 77.0 Å². The monoisotopic (exact) mass is 1110 g/mol. The molecule has 0 aromatic rings. The Labute approximate surface area is 509 Å². The van der Waals surface area contributed by atoms with E-state index >= 15 is 0 Å². The average Bonchev–Trinajstić information content (AvgIpc) is 3.39. The second kappa shape index (κ2) is 69.4. The normalized spacial score (nSPS) is 11.9. The molecule has 0 saturated carbocycles. The van der Waals surface area contributed by atoms with Gasteiger partial charge in [0, 0.05) is 24.8 Å². The van der Waals surface area contributed by atoms with Crippen LogP contribution >= 0.6 is 0 Å². The smallest absolute Gasteiger partial charge is 0.550 e. The number of aliphatic carboxylic acids is 2. The molecule has 0 aromatic carbocycles. The van der Waals surface area contributed by atoms with Gasteiger partial charge in [0.25, 0.3) is 0 Å². The van der Waals surface area contributed by atoms with Gasteiger partial charge in [-0.1, -0.05) is 310 Å². The van der Waals surface area contributed by atoms with Crippen molar-refractivity contribution >= 4 is 61.6 Å². The Morgan fingerprint density at radius 1 is 0.247 bits per heavy atom. The number of hydrogen-bond acceptors (Lipinski definition) is 8. The van der Waals surface area contributed by atoms with Crippen LogP contribution in [0, 0.1) is 0 Å². The summed E-state index contributed by atoms with van der Waals surface area (Å²) < 4.78 is 11.6. The number of carbonyl (C=O) groups is 4. The number of carboxylic acids is 2. The first kappa shape index (κ1) is 80.4. The number of hydrogen-bond donors (Lipinski definition) is 0. The summed E-state index contributed by atoms with van der Waals surface area (Å²) in [6.07, 6.45) is 67.0. The van der Waals surface area contributed by atoms with E-state index in [4.69, 9.17) is 9.47 Å². The van der Waals surface area contributed by atoms with E-state index in [1.54, 1.807) is 0 Å². The molecule has 0 rings (SSSR count). The molecular formula is C68H130CaO8. The zero-order valence-electron chi connectivity index (χ0n) is 52.1. The third-order valence-electron chi connectivity index (χ3n) is 15.6. The summed E-state index contributed by atoms with van der Waals surface area (Å²) in [6.45, 7) is 9.05. The van der Waals surface area contributed by atoms with Crippen LogP contribution in [0.15, 0.2) is 0 Å². The SMILES string of the molecule is CCCCCCCCCCCCCCCC(=O)OC(CCCCCCCCCCCCC)CCCC(=O)[O-].CCCCCCCCCCCCCCCC(=O)OC(CCCCCCCCCCCCC)CCCC(=O)[O-].[Ca+2]. The number of esters is 2. The van der Waals surface area contributed by atoms with Gasteiger partial charge in [-0.25, -0.2) is 0 Å². The van der Waals surface area contributed by atoms with E-state index in [1.807, 2.05) is 0 Å². The number of unbranched alkanes of at least 4 members (excludes halogenated alkanes) is 44. The van der Waals surface area contributed by atoms with Crippen LogP contribution in [0.1, 0.15) is 400 Å². The van der Waals surface area contributed by atoms with E-state index in [9.17, 15) is 29.4 Å². The van der Waals surface area contributed by atoms with Crippen molar-refractivity contribution in [2.75, 3.05) is 0 Å². The van der Waals surface area contributed by atoms with Crippen LogP contribution in [0.25, 0.3) is 0 Å². The summed E-state index contributed by atoms with van der Waals surface area (Å²) in [5.74, 6) is -2.24. The molecule has 0 aliphatic carbocycles. The number of carboxylic acid groups (broad SMARTS) is 2. The van der Waals surface area contributed by atoms with Gasteiger partial charge in [0.1, 0.15) is 12.2 Å². The topological polar surface area (TPSA) is 133 Å². The van der Waals surface area contributed by atoms with Gasteiger partial charge in [-0.15, -0.1) is 0 Å². The molecule has 0 amide bonds. The summed E-state index contributed by atoms with van der Waals surface area (Å²) in [5, 5.41) is 21.6. The molecule has 452 valence electrons. The van der Waals surface area contributed by atoms with Gasteiger partial charge >= 0.3 is 49.7 Å². The third kappa shape index (κ3) is 71.2. The Hall–Kier alpha value is -0.860. The van der Waals surface area contributed by atoms with Crippen molar-refractivity contribution in [1.29, 1.82) is 0 Å². The van der Waals surface area contributed by atoms with Crippen LogP contribution in [0.3, 0.4) is 0 Å². The van der Waals surface area contributed by atoms with Crippen molar-refractivity contribution in [2.24, 2.45) is 0 Å². The molecule has 0 aliphatic heterocycles. The van der Waals surface area contributed by atoms with Gasteiger partial charge in [0.2, 0.25) is 0 Å². The Balaban J connectivity index is -0.00000140. The summed E-state index contributed by atoms with van der Waals surface area (Å²) in [6, 6.07) is 0. The molecule has 2 atom stereocenters. The summed E-state index contributed by atoms with van der Waals surface area (Å²) in [4.78, 5) is 46.4. The summed E-state index contributed by atoms with van der Waals surface area (Å²) in [7, 11) is 0. The Kier molecular flexibility index (Phi) is 72.4. The molecule has 77 heavy (non-hydrogen) atoms. The molecule has 9 heteroatoms. The van der Waals surface area contributed by atoms with Crippen molar-refractivity contribution in [3.8, 4) is 0 Å². The fraction of sp³-hybridized carbons (Fsp3) is 0.941. The first-order valence-corrected chi connectivity index (χ1v) is 34.0. The number of rotatable bonds is 62. The predicted molar refractivity (Wildman–Crippen MR) is 326 cm³/mol. The standard InChI is InChI=1S/2C34H66O4.Ca/c2*1-3-5-7-9-11-13-15-16-18-20-22-24-26-31-34(37)38-32(29-27-30-33(35)36)28-25-23-21-19-17-14-12-10-8-6-4-2;/h2*32H,3-31H2,1-2H3,(H,35,36);/q;;+2/p-2. The Morgan fingerprint density at radius 3 is 0.610 bits per heavy atom. The van der Waals surface area contributed by atoms with Crippen LogP contribution in [0.4, 0.5) is 0 Å². The van der Waals surface area contributed by atoms with Crippen LogP contribution in [0.5, 0.6) is 0 Å². The van der Waals surface area contributed by atoms with Gasteiger partial charge in [-0.2, -0.15) is 0 Å². The third-order valence-corrected chi connectivity index (χ3v) is 15.6. The molecule has 0 heterocycles. The molecule has 0 aromatic heterocycles. The first-order valence-electron chi connectivity index (χ1n) is 34.0. The molecule has 8 nitrogen and oxygen atoms in total. The first-order chi connectivity index (χ1) is 37.2. The summed E-state index contributed by atoms with van der Waals surface area (Å²) >= 11 is 0. The van der Waals surface area contributed by atoms with Gasteiger partial charge < -0.3 is 29.3 Å². The van der Waals surface area contributed by atoms with Gasteiger partial charge in [0.05, 0.1) is 0 Å². The van der Waals surface area contributed by atoms with E-state index in [2.05, 4.69) is 27.7 Å². The zero-order chi connectivity index (χ0) is 55.9. The molecule has 0 radical (unpaired) electrons. The van der Waals surface area contributed by atoms with E-state index in [0.717, 1.165) is 51.4 Å².